The first-order valence-corrected chi connectivity index (χ1v) is 15.4. The predicted molar refractivity (Wildman–Crippen MR) is 152 cm³/mol. The summed E-state index contributed by atoms with van der Waals surface area (Å²) in [5.74, 6) is -3.65. The van der Waals surface area contributed by atoms with Gasteiger partial charge in [-0.1, -0.05) is 104 Å². The molecule has 2 N–H and O–H groups in total. The van der Waals surface area contributed by atoms with E-state index in [0.717, 1.165) is 25.7 Å². The zero-order valence-corrected chi connectivity index (χ0v) is 24.6. The van der Waals surface area contributed by atoms with Gasteiger partial charge in [0, 0.05) is 19.3 Å². The topological polar surface area (TPSA) is 115 Å². The van der Waals surface area contributed by atoms with Crippen LogP contribution in [0.1, 0.15) is 143 Å². The highest BCUT2D eigenvalue weighted by Gasteiger charge is 2.53. The smallest absolute Gasteiger partial charge is 0.362 e. The molecule has 0 heterocycles. The molecule has 0 aliphatic carbocycles. The Morgan fingerprint density at radius 1 is 0.632 bits per heavy atom. The van der Waals surface area contributed by atoms with Crippen LogP contribution in [0.2, 0.25) is 0 Å². The van der Waals surface area contributed by atoms with E-state index in [0.29, 0.717) is 6.42 Å². The zero-order valence-electron chi connectivity index (χ0n) is 24.6. The van der Waals surface area contributed by atoms with Crippen molar-refractivity contribution in [1.82, 2.24) is 0 Å². The van der Waals surface area contributed by atoms with Gasteiger partial charge in [0.05, 0.1) is 12.5 Å². The van der Waals surface area contributed by atoms with Crippen LogP contribution < -0.4 is 5.11 Å². The van der Waals surface area contributed by atoms with Gasteiger partial charge in [-0.15, -0.1) is 6.58 Å². The summed E-state index contributed by atoms with van der Waals surface area (Å²) in [5, 5.41) is 32.1. The Hall–Kier alpha value is -1.89. The van der Waals surface area contributed by atoms with Crippen LogP contribution in [0.3, 0.4) is 0 Å². The van der Waals surface area contributed by atoms with Gasteiger partial charge in [0.1, 0.15) is 6.04 Å². The fraction of sp³-hybridized carbons (Fsp3) is 0.839. The third-order valence-corrected chi connectivity index (χ3v) is 8.20. The second kappa shape index (κ2) is 22.0. The molecule has 0 saturated carbocycles. The molecule has 7 nitrogen and oxygen atoms in total. The van der Waals surface area contributed by atoms with Crippen molar-refractivity contribution in [2.24, 2.45) is 0 Å². The molecule has 3 unspecified atom stereocenters. The molecule has 222 valence electrons. The Morgan fingerprint density at radius 3 is 1.21 bits per heavy atom. The summed E-state index contributed by atoms with van der Waals surface area (Å²) in [5.41, 5.74) is 0. The zero-order chi connectivity index (χ0) is 28.8. The summed E-state index contributed by atoms with van der Waals surface area (Å²) in [4.78, 5) is 36.6. The van der Waals surface area contributed by atoms with Gasteiger partial charge in [0.25, 0.3) is 0 Å². The van der Waals surface area contributed by atoms with E-state index in [9.17, 15) is 29.7 Å². The molecule has 0 rings (SSSR count). The Labute approximate surface area is 232 Å². The van der Waals surface area contributed by atoms with Gasteiger partial charge < -0.3 is 20.1 Å². The van der Waals surface area contributed by atoms with Gasteiger partial charge in [0.2, 0.25) is 0 Å². The van der Waals surface area contributed by atoms with Crippen molar-refractivity contribution in [1.29, 1.82) is 0 Å². The third kappa shape index (κ3) is 12.8. The van der Waals surface area contributed by atoms with Crippen LogP contribution in [-0.4, -0.2) is 57.3 Å². The largest absolute Gasteiger partial charge is 0.544 e. The SMILES string of the molecule is C=CCCCCCCCCCCCCCCCCC[N+](C(CC)C(=O)[O-])(C(CC)C(=O)O)C(CC)C(=O)O. The summed E-state index contributed by atoms with van der Waals surface area (Å²) < 4.78 is -0.467. The summed E-state index contributed by atoms with van der Waals surface area (Å²) in [6.07, 6.45) is 21.3. The average molecular weight is 540 g/mol. The maximum absolute atomic E-state index is 12.2. The lowest BCUT2D eigenvalue weighted by atomic mass is 9.93. The van der Waals surface area contributed by atoms with E-state index < -0.39 is 40.5 Å². The summed E-state index contributed by atoms with van der Waals surface area (Å²) in [6, 6.07) is -3.37. The molecule has 0 saturated heterocycles. The molecule has 0 aromatic carbocycles. The van der Waals surface area contributed by atoms with Crippen LogP contribution in [-0.2, 0) is 14.4 Å². The van der Waals surface area contributed by atoms with Gasteiger partial charge in [-0.25, -0.2) is 9.59 Å². The summed E-state index contributed by atoms with van der Waals surface area (Å²) in [6.45, 7) is 9.03. The van der Waals surface area contributed by atoms with E-state index in [-0.39, 0.29) is 25.8 Å². The van der Waals surface area contributed by atoms with E-state index in [2.05, 4.69) is 6.58 Å². The standard InChI is InChI=1S/C31H57NO6/c1-5-9-10-11-12-13-14-15-16-17-18-19-20-21-22-23-24-25-32(26(6-2)29(33)34,27(7-3)30(35)36)28(8-4)31(37)38/h5,26-28H,1,6-25H2,2-4H3,(H2-,33,34,35,36,37,38). The van der Waals surface area contributed by atoms with Gasteiger partial charge in [-0.05, 0) is 25.7 Å². The van der Waals surface area contributed by atoms with E-state index >= 15 is 0 Å². The van der Waals surface area contributed by atoms with Crippen molar-refractivity contribution < 1.29 is 34.2 Å². The monoisotopic (exact) mass is 539 g/mol. The molecule has 0 aromatic rings. The summed E-state index contributed by atoms with van der Waals surface area (Å²) >= 11 is 0. The Bertz CT molecular complexity index is 610. The number of carboxylic acids is 3. The van der Waals surface area contributed by atoms with Crippen molar-refractivity contribution >= 4 is 17.9 Å². The second-order valence-electron chi connectivity index (χ2n) is 10.9. The van der Waals surface area contributed by atoms with Crippen molar-refractivity contribution in [2.45, 2.75) is 161 Å². The highest BCUT2D eigenvalue weighted by atomic mass is 16.4. The highest BCUT2D eigenvalue weighted by molar-refractivity contribution is 5.77. The molecule has 0 radical (unpaired) electrons. The minimum absolute atomic E-state index is 0.131. The second-order valence-corrected chi connectivity index (χ2v) is 10.9. The van der Waals surface area contributed by atoms with Crippen LogP contribution >= 0.6 is 0 Å². The Morgan fingerprint density at radius 2 is 0.947 bits per heavy atom. The molecule has 0 amide bonds. The molecule has 0 aromatic heterocycles. The lowest BCUT2D eigenvalue weighted by Gasteiger charge is -2.51. The molecule has 0 fully saturated rings. The number of allylic oxidation sites excluding steroid dienone is 1. The predicted octanol–water partition coefficient (Wildman–Crippen LogP) is 6.49. The number of quaternary nitrogens is 1. The van der Waals surface area contributed by atoms with Crippen LogP contribution in [0.25, 0.3) is 0 Å². The number of aliphatic carboxylic acids is 3. The minimum atomic E-state index is -1.37. The average Bonchev–Trinajstić information content (AvgIpc) is 2.86. The van der Waals surface area contributed by atoms with Crippen molar-refractivity contribution in [2.75, 3.05) is 6.54 Å². The number of hydrogen-bond donors (Lipinski definition) is 2. The molecular formula is C31H57NO6. The molecule has 0 aliphatic rings. The van der Waals surface area contributed by atoms with Crippen LogP contribution in [0.5, 0.6) is 0 Å². The van der Waals surface area contributed by atoms with E-state index in [1.54, 1.807) is 20.8 Å². The van der Waals surface area contributed by atoms with Crippen LogP contribution in [0.4, 0.5) is 0 Å². The Kier molecular flexibility index (Phi) is 20.9. The molecule has 3 atom stereocenters. The van der Waals surface area contributed by atoms with Crippen LogP contribution in [0, 0.1) is 0 Å². The first-order valence-electron chi connectivity index (χ1n) is 15.4. The fourth-order valence-electron chi connectivity index (χ4n) is 6.23. The Balaban J connectivity index is 4.61. The number of rotatable bonds is 27. The normalized spacial score (nSPS) is 15.3. The molecule has 7 heteroatoms. The maximum Gasteiger partial charge on any atom is 0.362 e. The molecule has 0 spiro atoms. The van der Waals surface area contributed by atoms with Gasteiger partial charge in [0.15, 0.2) is 12.1 Å². The number of nitrogens with zero attached hydrogens (tertiary/aromatic N) is 1. The molecule has 38 heavy (non-hydrogen) atoms. The maximum atomic E-state index is 12.2. The number of hydrogen-bond acceptors (Lipinski definition) is 4. The van der Waals surface area contributed by atoms with E-state index in [1.165, 1.54) is 70.6 Å². The first kappa shape index (κ1) is 36.1. The number of carbonyl (C=O) groups excluding carboxylic acids is 1. The minimum Gasteiger partial charge on any atom is -0.544 e. The molecular weight excluding hydrogens is 482 g/mol. The summed E-state index contributed by atoms with van der Waals surface area (Å²) in [7, 11) is 0. The fourth-order valence-corrected chi connectivity index (χ4v) is 6.23. The quantitative estimate of drug-likeness (QED) is 0.0701. The van der Waals surface area contributed by atoms with Crippen molar-refractivity contribution in [3.8, 4) is 0 Å². The van der Waals surface area contributed by atoms with Gasteiger partial charge in [-0.3, -0.25) is 4.48 Å². The molecule has 0 bridgehead atoms. The van der Waals surface area contributed by atoms with E-state index in [1.807, 2.05) is 6.08 Å². The van der Waals surface area contributed by atoms with Crippen molar-refractivity contribution in [3.05, 3.63) is 12.7 Å². The van der Waals surface area contributed by atoms with Gasteiger partial charge in [-0.2, -0.15) is 0 Å². The van der Waals surface area contributed by atoms with Crippen LogP contribution in [0.15, 0.2) is 12.7 Å². The number of carbonyl (C=O) groups is 3. The molecule has 0 aliphatic heterocycles. The lowest BCUT2D eigenvalue weighted by Crippen LogP contribution is -2.73. The third-order valence-electron chi connectivity index (χ3n) is 8.20. The number of carboxylic acid groups (broad SMARTS) is 3. The van der Waals surface area contributed by atoms with Gasteiger partial charge >= 0.3 is 11.9 Å². The highest BCUT2D eigenvalue weighted by Crippen LogP contribution is 2.32. The lowest BCUT2D eigenvalue weighted by molar-refractivity contribution is -0.974. The first-order chi connectivity index (χ1) is 18.2. The van der Waals surface area contributed by atoms with Crippen molar-refractivity contribution in [3.63, 3.8) is 0 Å². The number of unbranched alkanes of at least 4 members (excludes halogenated alkanes) is 15. The van der Waals surface area contributed by atoms with E-state index in [4.69, 9.17) is 0 Å².